The summed E-state index contributed by atoms with van der Waals surface area (Å²) < 4.78 is 1.15. The zero-order chi connectivity index (χ0) is 17.2. The van der Waals surface area contributed by atoms with E-state index in [9.17, 15) is 0 Å². The van der Waals surface area contributed by atoms with Crippen molar-refractivity contribution in [3.63, 3.8) is 0 Å². The summed E-state index contributed by atoms with van der Waals surface area (Å²) in [4.78, 5) is 7.23. The van der Waals surface area contributed by atoms with Crippen molar-refractivity contribution < 1.29 is 0 Å². The first-order valence-corrected chi connectivity index (χ1v) is 9.91. The number of benzene rings is 2. The van der Waals surface area contributed by atoms with Crippen molar-refractivity contribution >= 4 is 21.9 Å². The fourth-order valence-corrected chi connectivity index (χ4v) is 4.74. The number of rotatable bonds is 4. The average molecular weight is 398 g/mol. The Morgan fingerprint density at radius 3 is 2.72 bits per heavy atom. The molecule has 4 heteroatoms. The molecule has 1 fully saturated rings. The quantitative estimate of drug-likeness (QED) is 0.813. The van der Waals surface area contributed by atoms with Gasteiger partial charge in [0.05, 0.1) is 6.04 Å². The second-order valence-corrected chi connectivity index (χ2v) is 8.03. The third-order valence-electron chi connectivity index (χ3n) is 5.51. The van der Waals surface area contributed by atoms with Crippen LogP contribution >= 0.6 is 15.9 Å². The van der Waals surface area contributed by atoms with Gasteiger partial charge in [0.25, 0.3) is 0 Å². The van der Waals surface area contributed by atoms with Gasteiger partial charge in [0.1, 0.15) is 0 Å². The first kappa shape index (κ1) is 16.6. The summed E-state index contributed by atoms with van der Waals surface area (Å²) in [6.07, 6.45) is 5.75. The zero-order valence-electron chi connectivity index (χ0n) is 14.3. The molecular formula is C21H24BrN3. The molecule has 2 heterocycles. The number of hydrogen-bond donors (Lipinski definition) is 1. The van der Waals surface area contributed by atoms with Gasteiger partial charge in [-0.3, -0.25) is 0 Å². The van der Waals surface area contributed by atoms with E-state index in [0.717, 1.165) is 29.7 Å². The zero-order valence-corrected chi connectivity index (χ0v) is 15.9. The van der Waals surface area contributed by atoms with Crippen LogP contribution in [0.15, 0.2) is 64.1 Å². The van der Waals surface area contributed by atoms with E-state index in [-0.39, 0.29) is 6.04 Å². The predicted molar refractivity (Wildman–Crippen MR) is 107 cm³/mol. The summed E-state index contributed by atoms with van der Waals surface area (Å²) >= 11 is 3.56. The summed E-state index contributed by atoms with van der Waals surface area (Å²) in [6, 6.07) is 20.4. The lowest BCUT2D eigenvalue weighted by atomic mass is 9.97. The summed E-state index contributed by atoms with van der Waals surface area (Å²) in [6.45, 7) is 0. The number of hydrogen-bond acceptors (Lipinski definition) is 3. The van der Waals surface area contributed by atoms with Crippen LogP contribution < -0.4 is 5.73 Å². The van der Waals surface area contributed by atoms with Crippen LogP contribution in [0.4, 0.5) is 0 Å². The van der Waals surface area contributed by atoms with Gasteiger partial charge in [-0.15, -0.1) is 0 Å². The Balaban J connectivity index is 1.46. The molecule has 1 saturated heterocycles. The lowest BCUT2D eigenvalue weighted by molar-refractivity contribution is 0.256. The monoisotopic (exact) mass is 397 g/mol. The molecule has 3 nitrogen and oxygen atoms in total. The largest absolute Gasteiger partial charge is 0.370 e. The number of nitrogens with zero attached hydrogens (tertiary/aromatic N) is 2. The number of nitrogens with two attached hydrogens (primary N) is 1. The van der Waals surface area contributed by atoms with E-state index >= 15 is 0 Å². The first-order valence-electron chi connectivity index (χ1n) is 9.11. The van der Waals surface area contributed by atoms with Gasteiger partial charge in [-0.25, -0.2) is 4.99 Å². The smallest absolute Gasteiger partial charge is 0.192 e. The highest BCUT2D eigenvalue weighted by molar-refractivity contribution is 9.10. The highest BCUT2D eigenvalue weighted by Gasteiger charge is 2.39. The molecule has 2 aromatic rings. The summed E-state index contributed by atoms with van der Waals surface area (Å²) in [7, 11) is 0. The molecule has 0 radical (unpaired) electrons. The molecule has 0 amide bonds. The Kier molecular flexibility index (Phi) is 4.80. The van der Waals surface area contributed by atoms with Crippen molar-refractivity contribution in [1.29, 1.82) is 0 Å². The number of halogens is 1. The van der Waals surface area contributed by atoms with Crippen LogP contribution in [0.3, 0.4) is 0 Å². The second kappa shape index (κ2) is 7.20. The van der Waals surface area contributed by atoms with Crippen molar-refractivity contribution in [2.45, 2.75) is 50.2 Å². The number of aryl methyl sites for hydroxylation is 1. The van der Waals surface area contributed by atoms with E-state index < -0.39 is 0 Å². The number of aliphatic imine (C=N–C) groups is 1. The van der Waals surface area contributed by atoms with E-state index in [2.05, 4.69) is 75.4 Å². The Morgan fingerprint density at radius 1 is 1.08 bits per heavy atom. The van der Waals surface area contributed by atoms with Crippen molar-refractivity contribution in [2.24, 2.45) is 10.7 Å². The molecule has 0 aromatic heterocycles. The van der Waals surface area contributed by atoms with Crippen LogP contribution in [0.25, 0.3) is 0 Å². The second-order valence-electron chi connectivity index (χ2n) is 7.11. The van der Waals surface area contributed by atoms with Crippen LogP contribution in [0.1, 0.15) is 42.9 Å². The minimum atomic E-state index is 0.214. The maximum absolute atomic E-state index is 6.40. The minimum absolute atomic E-state index is 0.214. The van der Waals surface area contributed by atoms with Gasteiger partial charge in [0.2, 0.25) is 0 Å². The molecule has 2 N–H and O–H groups in total. The van der Waals surface area contributed by atoms with Crippen LogP contribution in [-0.4, -0.2) is 22.9 Å². The fourth-order valence-electron chi connectivity index (χ4n) is 4.30. The van der Waals surface area contributed by atoms with Crippen LogP contribution in [0.5, 0.6) is 0 Å². The number of fused-ring (bicyclic) bond motifs is 1. The van der Waals surface area contributed by atoms with Gasteiger partial charge < -0.3 is 10.6 Å². The molecule has 0 unspecified atom stereocenters. The van der Waals surface area contributed by atoms with E-state index in [4.69, 9.17) is 10.7 Å². The predicted octanol–water partition coefficient (Wildman–Crippen LogP) is 4.67. The lowest BCUT2D eigenvalue weighted by Crippen LogP contribution is -2.48. The van der Waals surface area contributed by atoms with E-state index in [1.807, 2.05) is 0 Å². The van der Waals surface area contributed by atoms with E-state index in [1.165, 1.54) is 24.0 Å². The lowest BCUT2D eigenvalue weighted by Gasteiger charge is -2.37. The number of guanidine groups is 1. The minimum Gasteiger partial charge on any atom is -0.370 e. The standard InChI is InChI=1S/C21H24BrN3/c22-17-8-4-5-15(13-17)9-10-18-11-12-19-14-20(24-21(23)25(18)19)16-6-2-1-3-7-16/h1-8,13,18-20H,9-12,14H2,(H2,23,24)/t18-,19+,20+/m0/s1. The SMILES string of the molecule is NC1=N[C@@H](c2ccccc2)C[C@H]2CC[C@H](CCc3cccc(Br)c3)N12. The molecule has 130 valence electrons. The van der Waals surface area contributed by atoms with E-state index in [1.54, 1.807) is 0 Å². The summed E-state index contributed by atoms with van der Waals surface area (Å²) in [5.74, 6) is 0.738. The third-order valence-corrected chi connectivity index (χ3v) is 6.00. The molecule has 25 heavy (non-hydrogen) atoms. The molecular weight excluding hydrogens is 374 g/mol. The molecule has 0 bridgehead atoms. The van der Waals surface area contributed by atoms with Gasteiger partial charge in [0.15, 0.2) is 5.96 Å². The molecule has 2 aromatic carbocycles. The highest BCUT2D eigenvalue weighted by atomic mass is 79.9. The molecule has 4 rings (SSSR count). The molecule has 2 aliphatic heterocycles. The van der Waals surface area contributed by atoms with Crippen molar-refractivity contribution in [1.82, 2.24) is 4.90 Å². The molecule has 3 atom stereocenters. The fraction of sp³-hybridized carbons (Fsp3) is 0.381. The topological polar surface area (TPSA) is 41.6 Å². The highest BCUT2D eigenvalue weighted by Crippen LogP contribution is 2.37. The Labute approximate surface area is 158 Å². The van der Waals surface area contributed by atoms with Crippen LogP contribution in [0, 0.1) is 0 Å². The van der Waals surface area contributed by atoms with Gasteiger partial charge >= 0.3 is 0 Å². The normalized spacial score (nSPS) is 25.6. The van der Waals surface area contributed by atoms with Gasteiger partial charge in [-0.1, -0.05) is 58.4 Å². The summed E-state index contributed by atoms with van der Waals surface area (Å²) in [5.41, 5.74) is 9.06. The van der Waals surface area contributed by atoms with Crippen molar-refractivity contribution in [2.75, 3.05) is 0 Å². The Bertz CT molecular complexity index is 759. The molecule has 2 aliphatic rings. The summed E-state index contributed by atoms with van der Waals surface area (Å²) in [5, 5.41) is 0. The van der Waals surface area contributed by atoms with Crippen LogP contribution in [0.2, 0.25) is 0 Å². The Hall–Kier alpha value is -1.81. The van der Waals surface area contributed by atoms with Crippen molar-refractivity contribution in [3.05, 3.63) is 70.2 Å². The van der Waals surface area contributed by atoms with Gasteiger partial charge in [0, 0.05) is 16.6 Å². The van der Waals surface area contributed by atoms with Gasteiger partial charge in [-0.2, -0.15) is 0 Å². The maximum Gasteiger partial charge on any atom is 0.192 e. The van der Waals surface area contributed by atoms with E-state index in [0.29, 0.717) is 12.1 Å². The average Bonchev–Trinajstić information content (AvgIpc) is 3.04. The third kappa shape index (κ3) is 3.59. The molecule has 0 saturated carbocycles. The Morgan fingerprint density at radius 2 is 1.92 bits per heavy atom. The van der Waals surface area contributed by atoms with Crippen molar-refractivity contribution in [3.8, 4) is 0 Å². The first-order chi connectivity index (χ1) is 12.2. The van der Waals surface area contributed by atoms with Crippen LogP contribution in [-0.2, 0) is 6.42 Å². The molecule has 0 spiro atoms. The maximum atomic E-state index is 6.40. The van der Waals surface area contributed by atoms with Gasteiger partial charge in [-0.05, 0) is 55.4 Å². The molecule has 0 aliphatic carbocycles.